The van der Waals surface area contributed by atoms with Crippen molar-refractivity contribution in [3.8, 4) is 17.6 Å². The minimum absolute atomic E-state index is 0.0263. The summed E-state index contributed by atoms with van der Waals surface area (Å²) in [5.74, 6) is 0.271. The molecular weight excluding hydrogens is 432 g/mol. The second-order valence-electron chi connectivity index (χ2n) is 6.15. The summed E-state index contributed by atoms with van der Waals surface area (Å²) in [5, 5.41) is 21.2. The van der Waals surface area contributed by atoms with Gasteiger partial charge in [-0.15, -0.1) is 0 Å². The topological polar surface area (TPSA) is 82.3 Å². The number of amides is 1. The second-order valence-corrected chi connectivity index (χ2v) is 7.07. The summed E-state index contributed by atoms with van der Waals surface area (Å²) < 4.78 is 6.77. The van der Waals surface area contributed by atoms with E-state index in [9.17, 15) is 15.2 Å². The molecule has 0 bridgehead atoms. The van der Waals surface area contributed by atoms with Gasteiger partial charge in [0.2, 0.25) is 0 Å². The van der Waals surface area contributed by atoms with Gasteiger partial charge in [-0.2, -0.15) is 5.26 Å². The third-order valence-electron chi connectivity index (χ3n) is 4.00. The van der Waals surface area contributed by atoms with Crippen molar-refractivity contribution in [2.45, 2.75) is 6.61 Å². The Balaban J connectivity index is 1.63. The SMILES string of the molecule is N#C/C(=C\c1ccc(OCc2ccc(Br)cc2)cc1)C(=O)Nc1ccc(O)cc1. The quantitative estimate of drug-likeness (QED) is 0.305. The van der Waals surface area contributed by atoms with Crippen molar-refractivity contribution in [3.05, 3.63) is 94.0 Å². The third-order valence-corrected chi connectivity index (χ3v) is 4.53. The van der Waals surface area contributed by atoms with Crippen LogP contribution in [-0.4, -0.2) is 11.0 Å². The predicted octanol–water partition coefficient (Wildman–Crippen LogP) is 5.28. The number of halogens is 1. The molecule has 0 heterocycles. The molecule has 0 saturated carbocycles. The van der Waals surface area contributed by atoms with Crippen molar-refractivity contribution < 1.29 is 14.6 Å². The number of anilines is 1. The van der Waals surface area contributed by atoms with Crippen molar-refractivity contribution in [1.82, 2.24) is 0 Å². The Morgan fingerprint density at radius 2 is 1.69 bits per heavy atom. The molecule has 0 aromatic heterocycles. The van der Waals surface area contributed by atoms with E-state index < -0.39 is 5.91 Å². The van der Waals surface area contributed by atoms with Gasteiger partial charge in [-0.05, 0) is 65.7 Å². The summed E-state index contributed by atoms with van der Waals surface area (Å²) in [6, 6.07) is 22.9. The molecule has 0 atom stereocenters. The highest BCUT2D eigenvalue weighted by Gasteiger charge is 2.09. The number of nitrogens with zero attached hydrogens (tertiary/aromatic N) is 1. The minimum atomic E-state index is -0.520. The standard InChI is InChI=1S/C23H17BrN2O3/c24-19-5-1-17(2-6-19)15-29-22-11-3-16(4-12-22)13-18(14-25)23(28)26-20-7-9-21(27)10-8-20/h1-13,27H,15H2,(H,26,28)/b18-13+. The number of carbonyl (C=O) groups is 1. The first-order valence-electron chi connectivity index (χ1n) is 8.73. The lowest BCUT2D eigenvalue weighted by molar-refractivity contribution is -0.112. The van der Waals surface area contributed by atoms with Gasteiger partial charge in [-0.25, -0.2) is 0 Å². The molecule has 0 fully saturated rings. The van der Waals surface area contributed by atoms with Crippen LogP contribution in [0.1, 0.15) is 11.1 Å². The number of phenols is 1. The lowest BCUT2D eigenvalue weighted by Gasteiger charge is -2.07. The Morgan fingerprint density at radius 3 is 2.31 bits per heavy atom. The van der Waals surface area contributed by atoms with E-state index in [0.29, 0.717) is 23.6 Å². The van der Waals surface area contributed by atoms with Crippen LogP contribution in [0.2, 0.25) is 0 Å². The van der Waals surface area contributed by atoms with Crippen LogP contribution < -0.4 is 10.1 Å². The van der Waals surface area contributed by atoms with E-state index in [2.05, 4.69) is 21.2 Å². The minimum Gasteiger partial charge on any atom is -0.508 e. The lowest BCUT2D eigenvalue weighted by Crippen LogP contribution is -2.13. The Hall–Kier alpha value is -3.56. The van der Waals surface area contributed by atoms with E-state index in [1.165, 1.54) is 18.2 Å². The van der Waals surface area contributed by atoms with E-state index in [1.807, 2.05) is 30.3 Å². The van der Waals surface area contributed by atoms with Crippen LogP contribution in [0.25, 0.3) is 6.08 Å². The molecule has 0 aliphatic heterocycles. The molecule has 5 nitrogen and oxygen atoms in total. The molecule has 3 aromatic carbocycles. The fourth-order valence-corrected chi connectivity index (χ4v) is 2.73. The zero-order chi connectivity index (χ0) is 20.6. The summed E-state index contributed by atoms with van der Waals surface area (Å²) in [6.07, 6.45) is 1.51. The molecule has 6 heteroatoms. The second kappa shape index (κ2) is 9.58. The molecule has 29 heavy (non-hydrogen) atoms. The molecule has 0 aliphatic rings. The number of carbonyl (C=O) groups excluding carboxylic acids is 1. The number of ether oxygens (including phenoxy) is 1. The Morgan fingerprint density at radius 1 is 1.03 bits per heavy atom. The van der Waals surface area contributed by atoms with E-state index in [1.54, 1.807) is 36.4 Å². The third kappa shape index (κ3) is 5.96. The van der Waals surface area contributed by atoms with Crippen LogP contribution in [0, 0.1) is 11.3 Å². The average molecular weight is 449 g/mol. The average Bonchev–Trinajstić information content (AvgIpc) is 2.74. The Kier molecular flexibility index (Phi) is 6.67. The highest BCUT2D eigenvalue weighted by atomic mass is 79.9. The van der Waals surface area contributed by atoms with Crippen LogP contribution in [-0.2, 0) is 11.4 Å². The molecule has 144 valence electrons. The van der Waals surface area contributed by atoms with Crippen molar-refractivity contribution >= 4 is 33.6 Å². The van der Waals surface area contributed by atoms with Crippen molar-refractivity contribution in [1.29, 1.82) is 5.26 Å². The molecule has 0 aliphatic carbocycles. The summed E-state index contributed by atoms with van der Waals surface area (Å²) in [6.45, 7) is 0.445. The zero-order valence-corrected chi connectivity index (χ0v) is 16.9. The highest BCUT2D eigenvalue weighted by molar-refractivity contribution is 9.10. The van der Waals surface area contributed by atoms with Crippen LogP contribution in [0.4, 0.5) is 5.69 Å². The Bertz CT molecular complexity index is 1050. The fourth-order valence-electron chi connectivity index (χ4n) is 2.47. The van der Waals surface area contributed by atoms with Gasteiger partial charge in [-0.3, -0.25) is 4.79 Å². The number of hydrogen-bond donors (Lipinski definition) is 2. The lowest BCUT2D eigenvalue weighted by atomic mass is 10.1. The molecule has 0 spiro atoms. The molecule has 3 rings (SSSR count). The van der Waals surface area contributed by atoms with Crippen LogP contribution in [0.5, 0.6) is 11.5 Å². The molecule has 0 saturated heterocycles. The van der Waals surface area contributed by atoms with Crippen molar-refractivity contribution in [3.63, 3.8) is 0 Å². The first-order chi connectivity index (χ1) is 14.0. The van der Waals surface area contributed by atoms with Gasteiger partial charge in [-0.1, -0.05) is 40.2 Å². The number of rotatable bonds is 6. The number of benzene rings is 3. The Labute approximate surface area is 177 Å². The van der Waals surface area contributed by atoms with Gasteiger partial charge in [0.05, 0.1) is 0 Å². The molecule has 0 radical (unpaired) electrons. The van der Waals surface area contributed by atoms with Crippen LogP contribution in [0.3, 0.4) is 0 Å². The van der Waals surface area contributed by atoms with E-state index in [0.717, 1.165) is 10.0 Å². The van der Waals surface area contributed by atoms with Gasteiger partial charge in [0.25, 0.3) is 5.91 Å². The zero-order valence-electron chi connectivity index (χ0n) is 15.3. The maximum Gasteiger partial charge on any atom is 0.266 e. The molecule has 3 aromatic rings. The van der Waals surface area contributed by atoms with E-state index >= 15 is 0 Å². The number of nitrogens with one attached hydrogen (secondary N) is 1. The van der Waals surface area contributed by atoms with Gasteiger partial charge < -0.3 is 15.2 Å². The fraction of sp³-hybridized carbons (Fsp3) is 0.0435. The van der Waals surface area contributed by atoms with Crippen LogP contribution in [0.15, 0.2) is 82.8 Å². The monoisotopic (exact) mass is 448 g/mol. The van der Waals surface area contributed by atoms with Crippen LogP contribution >= 0.6 is 15.9 Å². The molecule has 2 N–H and O–H groups in total. The first-order valence-corrected chi connectivity index (χ1v) is 9.52. The normalized spacial score (nSPS) is 10.8. The summed E-state index contributed by atoms with van der Waals surface area (Å²) in [7, 11) is 0. The molecule has 0 unspecified atom stereocenters. The van der Waals surface area contributed by atoms with Gasteiger partial charge >= 0.3 is 0 Å². The van der Waals surface area contributed by atoms with E-state index in [-0.39, 0.29) is 11.3 Å². The smallest absolute Gasteiger partial charge is 0.266 e. The van der Waals surface area contributed by atoms with Gasteiger partial charge in [0, 0.05) is 10.2 Å². The summed E-state index contributed by atoms with van der Waals surface area (Å²) >= 11 is 3.40. The van der Waals surface area contributed by atoms with Gasteiger partial charge in [0.1, 0.15) is 29.7 Å². The van der Waals surface area contributed by atoms with Crippen molar-refractivity contribution in [2.24, 2.45) is 0 Å². The number of hydrogen-bond acceptors (Lipinski definition) is 4. The highest BCUT2D eigenvalue weighted by Crippen LogP contribution is 2.18. The van der Waals surface area contributed by atoms with Gasteiger partial charge in [0.15, 0.2) is 0 Å². The summed E-state index contributed by atoms with van der Waals surface area (Å²) in [5.41, 5.74) is 2.22. The maximum absolute atomic E-state index is 12.3. The van der Waals surface area contributed by atoms with Crippen molar-refractivity contribution in [2.75, 3.05) is 5.32 Å². The molecule has 1 amide bonds. The molecular formula is C23H17BrN2O3. The maximum atomic E-state index is 12.3. The van der Waals surface area contributed by atoms with E-state index in [4.69, 9.17) is 4.74 Å². The number of phenolic OH excluding ortho intramolecular Hbond substituents is 1. The summed E-state index contributed by atoms with van der Waals surface area (Å²) in [4.78, 5) is 12.3. The number of aromatic hydroxyl groups is 1. The first kappa shape index (κ1) is 20.2. The largest absolute Gasteiger partial charge is 0.508 e. The predicted molar refractivity (Wildman–Crippen MR) is 115 cm³/mol. The number of nitriles is 1.